The largest absolute Gasteiger partial charge is 0.481 e. The second-order valence-electron chi connectivity index (χ2n) is 4.04. The number of halogens is 2. The van der Waals surface area contributed by atoms with E-state index >= 15 is 0 Å². The van der Waals surface area contributed by atoms with Gasteiger partial charge in [-0.2, -0.15) is 0 Å². The van der Waals surface area contributed by atoms with Crippen LogP contribution in [0.1, 0.15) is 27.0 Å². The summed E-state index contributed by atoms with van der Waals surface area (Å²) >= 11 is 13.0. The lowest BCUT2D eigenvalue weighted by atomic mass is 10.2. The minimum atomic E-state index is -0.690. The van der Waals surface area contributed by atoms with Gasteiger partial charge in [0.2, 0.25) is 5.78 Å². The standard InChI is InChI=1S/C14H10Cl2O3S/c1-8(14(18)12-4-5-13(16)20-12)19-11-3-2-9(7-17)6-10(11)15/h2-8H,1H3. The number of hydrogen-bond acceptors (Lipinski definition) is 4. The highest BCUT2D eigenvalue weighted by Gasteiger charge is 2.19. The van der Waals surface area contributed by atoms with E-state index < -0.39 is 6.10 Å². The number of Topliss-reactive ketones (excluding diaryl/α,β-unsaturated/α-hetero) is 1. The Morgan fingerprint density at radius 1 is 1.30 bits per heavy atom. The third kappa shape index (κ3) is 3.39. The van der Waals surface area contributed by atoms with Crippen molar-refractivity contribution >= 4 is 46.6 Å². The molecule has 0 aliphatic rings. The predicted molar refractivity (Wildman–Crippen MR) is 80.6 cm³/mol. The molecule has 0 spiro atoms. The molecule has 20 heavy (non-hydrogen) atoms. The summed E-state index contributed by atoms with van der Waals surface area (Å²) in [6.07, 6.45) is 0.00189. The van der Waals surface area contributed by atoms with Gasteiger partial charge in [0.1, 0.15) is 12.0 Å². The van der Waals surface area contributed by atoms with E-state index in [9.17, 15) is 9.59 Å². The molecular weight excluding hydrogens is 319 g/mol. The maximum absolute atomic E-state index is 12.1. The summed E-state index contributed by atoms with van der Waals surface area (Å²) in [5.41, 5.74) is 0.450. The van der Waals surface area contributed by atoms with Crippen molar-refractivity contribution in [3.8, 4) is 5.75 Å². The fraction of sp³-hybridized carbons (Fsp3) is 0.143. The second-order valence-corrected chi connectivity index (χ2v) is 6.16. The van der Waals surface area contributed by atoms with Crippen molar-refractivity contribution in [1.29, 1.82) is 0 Å². The molecule has 2 aromatic rings. The molecule has 2 rings (SSSR count). The molecule has 0 aliphatic carbocycles. The van der Waals surface area contributed by atoms with Crippen LogP contribution >= 0.6 is 34.5 Å². The summed E-state index contributed by atoms with van der Waals surface area (Å²) in [7, 11) is 0. The Balaban J connectivity index is 2.13. The van der Waals surface area contributed by atoms with Gasteiger partial charge >= 0.3 is 0 Å². The Kier molecular flexibility index (Phi) is 4.81. The van der Waals surface area contributed by atoms with Crippen LogP contribution in [-0.4, -0.2) is 18.2 Å². The first-order chi connectivity index (χ1) is 9.51. The molecule has 104 valence electrons. The van der Waals surface area contributed by atoms with Crippen LogP contribution in [0.2, 0.25) is 9.36 Å². The highest BCUT2D eigenvalue weighted by molar-refractivity contribution is 7.18. The van der Waals surface area contributed by atoms with E-state index in [0.717, 1.165) is 0 Å². The summed E-state index contributed by atoms with van der Waals surface area (Å²) in [6, 6.07) is 7.96. The maximum Gasteiger partial charge on any atom is 0.212 e. The fourth-order valence-electron chi connectivity index (χ4n) is 1.58. The van der Waals surface area contributed by atoms with E-state index in [0.29, 0.717) is 31.8 Å². The van der Waals surface area contributed by atoms with E-state index in [1.165, 1.54) is 17.4 Å². The Morgan fingerprint density at radius 3 is 2.60 bits per heavy atom. The van der Waals surface area contributed by atoms with Crippen molar-refractivity contribution in [3.05, 3.63) is 50.1 Å². The minimum Gasteiger partial charge on any atom is -0.481 e. The maximum atomic E-state index is 12.1. The topological polar surface area (TPSA) is 43.4 Å². The number of hydrogen-bond donors (Lipinski definition) is 0. The summed E-state index contributed by atoms with van der Waals surface area (Å²) in [5, 5.41) is 0.290. The fourth-order valence-corrected chi connectivity index (χ4v) is 2.87. The zero-order valence-electron chi connectivity index (χ0n) is 10.4. The average molecular weight is 329 g/mol. The molecule has 0 bridgehead atoms. The van der Waals surface area contributed by atoms with Gasteiger partial charge in [-0.3, -0.25) is 9.59 Å². The molecule has 1 atom stereocenters. The Morgan fingerprint density at radius 2 is 2.05 bits per heavy atom. The number of ketones is 1. The average Bonchev–Trinajstić information content (AvgIpc) is 2.86. The van der Waals surface area contributed by atoms with Crippen LogP contribution in [0.5, 0.6) is 5.75 Å². The van der Waals surface area contributed by atoms with Crippen LogP contribution in [-0.2, 0) is 0 Å². The van der Waals surface area contributed by atoms with Gasteiger partial charge in [0, 0.05) is 5.56 Å². The number of carbonyl (C=O) groups excluding carboxylic acids is 2. The van der Waals surface area contributed by atoms with E-state index in [4.69, 9.17) is 27.9 Å². The van der Waals surface area contributed by atoms with Crippen molar-refractivity contribution in [2.24, 2.45) is 0 Å². The van der Waals surface area contributed by atoms with Crippen LogP contribution in [0.4, 0.5) is 0 Å². The quantitative estimate of drug-likeness (QED) is 0.598. The third-order valence-electron chi connectivity index (χ3n) is 2.58. The Hall–Kier alpha value is -1.36. The molecule has 1 heterocycles. The zero-order chi connectivity index (χ0) is 14.7. The SMILES string of the molecule is CC(Oc1ccc(C=O)cc1Cl)C(=O)c1ccc(Cl)s1. The summed E-state index contributed by atoms with van der Waals surface area (Å²) in [4.78, 5) is 23.3. The second kappa shape index (κ2) is 6.39. The number of thiophene rings is 1. The van der Waals surface area contributed by atoms with Crippen LogP contribution < -0.4 is 4.74 Å². The predicted octanol–water partition coefficient (Wildman–Crippen LogP) is 4.52. The van der Waals surface area contributed by atoms with E-state index in [1.807, 2.05) is 0 Å². The number of carbonyl (C=O) groups is 2. The summed E-state index contributed by atoms with van der Waals surface area (Å²) in [6.45, 7) is 1.64. The molecule has 3 nitrogen and oxygen atoms in total. The number of rotatable bonds is 5. The van der Waals surface area contributed by atoms with Crippen LogP contribution in [0.3, 0.4) is 0 Å². The molecule has 1 aromatic heterocycles. The van der Waals surface area contributed by atoms with Crippen LogP contribution in [0.15, 0.2) is 30.3 Å². The highest BCUT2D eigenvalue weighted by atomic mass is 35.5. The van der Waals surface area contributed by atoms with Crippen LogP contribution in [0.25, 0.3) is 0 Å². The van der Waals surface area contributed by atoms with E-state index in [-0.39, 0.29) is 5.78 Å². The van der Waals surface area contributed by atoms with E-state index in [1.54, 1.807) is 31.2 Å². The molecule has 0 amide bonds. The molecule has 0 aliphatic heterocycles. The molecule has 6 heteroatoms. The van der Waals surface area contributed by atoms with Crippen molar-refractivity contribution in [1.82, 2.24) is 0 Å². The zero-order valence-corrected chi connectivity index (χ0v) is 12.8. The number of ether oxygens (including phenoxy) is 1. The Bertz CT molecular complexity index is 652. The lowest BCUT2D eigenvalue weighted by Crippen LogP contribution is -2.23. The highest BCUT2D eigenvalue weighted by Crippen LogP contribution is 2.28. The Labute approximate surface area is 130 Å². The molecule has 0 saturated heterocycles. The molecular formula is C14H10Cl2O3S. The summed E-state index contributed by atoms with van der Waals surface area (Å²) in [5.74, 6) is 0.193. The minimum absolute atomic E-state index is 0.169. The molecule has 0 saturated carbocycles. The molecule has 0 N–H and O–H groups in total. The van der Waals surface area contributed by atoms with Gasteiger partial charge in [-0.05, 0) is 37.3 Å². The van der Waals surface area contributed by atoms with Gasteiger partial charge in [-0.25, -0.2) is 0 Å². The number of benzene rings is 1. The van der Waals surface area contributed by atoms with Crippen molar-refractivity contribution in [2.45, 2.75) is 13.0 Å². The van der Waals surface area contributed by atoms with Gasteiger partial charge in [0.15, 0.2) is 6.10 Å². The van der Waals surface area contributed by atoms with Crippen LogP contribution in [0, 0.1) is 0 Å². The van der Waals surface area contributed by atoms with Crippen molar-refractivity contribution < 1.29 is 14.3 Å². The summed E-state index contributed by atoms with van der Waals surface area (Å²) < 4.78 is 6.09. The first-order valence-corrected chi connectivity index (χ1v) is 7.29. The first kappa shape index (κ1) is 15.0. The van der Waals surface area contributed by atoms with Gasteiger partial charge < -0.3 is 4.74 Å². The first-order valence-electron chi connectivity index (χ1n) is 5.72. The van der Waals surface area contributed by atoms with Gasteiger partial charge in [-0.15, -0.1) is 11.3 Å². The van der Waals surface area contributed by atoms with Gasteiger partial charge in [0.05, 0.1) is 14.2 Å². The molecule has 0 radical (unpaired) electrons. The van der Waals surface area contributed by atoms with Gasteiger partial charge in [0.25, 0.3) is 0 Å². The molecule has 0 fully saturated rings. The third-order valence-corrected chi connectivity index (χ3v) is 4.12. The smallest absolute Gasteiger partial charge is 0.212 e. The van der Waals surface area contributed by atoms with E-state index in [2.05, 4.69) is 0 Å². The lowest BCUT2D eigenvalue weighted by molar-refractivity contribution is 0.0822. The monoisotopic (exact) mass is 328 g/mol. The normalized spacial score (nSPS) is 11.9. The van der Waals surface area contributed by atoms with Crippen molar-refractivity contribution in [2.75, 3.05) is 0 Å². The number of aldehydes is 1. The van der Waals surface area contributed by atoms with Crippen molar-refractivity contribution in [3.63, 3.8) is 0 Å². The molecule has 1 unspecified atom stereocenters. The van der Waals surface area contributed by atoms with Gasteiger partial charge in [-0.1, -0.05) is 23.2 Å². The lowest BCUT2D eigenvalue weighted by Gasteiger charge is -2.14. The molecule has 1 aromatic carbocycles.